The third-order valence-electron chi connectivity index (χ3n) is 4.87. The van der Waals surface area contributed by atoms with Gasteiger partial charge in [0.25, 0.3) is 5.56 Å². The van der Waals surface area contributed by atoms with Crippen molar-refractivity contribution >= 4 is 18.0 Å². The predicted octanol–water partition coefficient (Wildman–Crippen LogP) is 1.33. The largest absolute Gasteiger partial charge is 0.459 e. The molecule has 0 aliphatic rings. The molecule has 2 rings (SSSR count). The van der Waals surface area contributed by atoms with Crippen LogP contribution in [-0.2, 0) is 32.2 Å². The molecule has 11 heteroatoms. The molecule has 11 nitrogen and oxygen atoms in total. The van der Waals surface area contributed by atoms with Gasteiger partial charge in [-0.25, -0.2) is 14.4 Å². The van der Waals surface area contributed by atoms with Crippen LogP contribution in [0.15, 0.2) is 46.1 Å². The molecule has 0 bridgehead atoms. The lowest BCUT2D eigenvalue weighted by atomic mass is 10.2. The van der Waals surface area contributed by atoms with E-state index in [2.05, 4.69) is 10.3 Å². The van der Waals surface area contributed by atoms with Gasteiger partial charge in [0, 0.05) is 24.8 Å². The molecule has 1 atom stereocenters. The molecule has 0 radical (unpaired) electrons. The summed E-state index contributed by atoms with van der Waals surface area (Å²) in [5.74, 6) is -1.22. The van der Waals surface area contributed by atoms with Crippen molar-refractivity contribution in [3.05, 3.63) is 68.5 Å². The first kappa shape index (κ1) is 27.4. The number of hydrogen-bond donors (Lipinski definition) is 2. The number of ether oxygens (including phenoxy) is 2. The molecule has 2 amide bonds. The van der Waals surface area contributed by atoms with Crippen LogP contribution in [0.4, 0.5) is 4.79 Å². The highest BCUT2D eigenvalue weighted by atomic mass is 16.6. The number of rotatable bonds is 9. The fourth-order valence-electron chi connectivity index (χ4n) is 3.08. The Bertz CT molecular complexity index is 1150. The van der Waals surface area contributed by atoms with Crippen molar-refractivity contribution in [1.29, 1.82) is 0 Å². The molecule has 1 aromatic carbocycles. The van der Waals surface area contributed by atoms with Gasteiger partial charge in [-0.1, -0.05) is 30.3 Å². The molecule has 1 aromatic heterocycles. The van der Waals surface area contributed by atoms with Crippen LogP contribution in [0.3, 0.4) is 0 Å². The zero-order chi connectivity index (χ0) is 26.2. The SMILES string of the molecule is Cc1cn(CC(=O)N(CCNC(=O)OC(C)(C)C)C(C)C(=O)OCc2ccccc2)c(=O)[nH]c1=O. The molecule has 2 N–H and O–H groups in total. The van der Waals surface area contributed by atoms with Crippen LogP contribution in [0.5, 0.6) is 0 Å². The van der Waals surface area contributed by atoms with Crippen LogP contribution in [0.25, 0.3) is 0 Å². The molecule has 0 aliphatic carbocycles. The Morgan fingerprint density at radius 3 is 2.43 bits per heavy atom. The van der Waals surface area contributed by atoms with Gasteiger partial charge in [-0.05, 0) is 40.2 Å². The van der Waals surface area contributed by atoms with E-state index in [1.807, 2.05) is 18.2 Å². The first-order chi connectivity index (χ1) is 16.4. The monoisotopic (exact) mass is 488 g/mol. The molecule has 0 saturated heterocycles. The molecule has 0 spiro atoms. The number of nitrogens with one attached hydrogen (secondary N) is 2. The van der Waals surface area contributed by atoms with Crippen LogP contribution >= 0.6 is 0 Å². The van der Waals surface area contributed by atoms with Crippen molar-refractivity contribution in [2.75, 3.05) is 13.1 Å². The van der Waals surface area contributed by atoms with E-state index in [0.29, 0.717) is 0 Å². The number of benzene rings is 1. The lowest BCUT2D eigenvalue weighted by Crippen LogP contribution is -2.49. The highest BCUT2D eigenvalue weighted by Crippen LogP contribution is 2.08. The maximum Gasteiger partial charge on any atom is 0.407 e. The van der Waals surface area contributed by atoms with Gasteiger partial charge < -0.3 is 19.7 Å². The number of carbonyl (C=O) groups excluding carboxylic acids is 3. The van der Waals surface area contributed by atoms with E-state index in [9.17, 15) is 24.0 Å². The number of H-pyrrole nitrogens is 1. The predicted molar refractivity (Wildman–Crippen MR) is 128 cm³/mol. The first-order valence-corrected chi connectivity index (χ1v) is 11.1. The number of alkyl carbamates (subject to hydrolysis) is 1. The molecule has 190 valence electrons. The Hall–Kier alpha value is -3.89. The molecular weight excluding hydrogens is 456 g/mol. The lowest BCUT2D eigenvalue weighted by Gasteiger charge is -2.28. The number of esters is 1. The Balaban J connectivity index is 2.13. The smallest absolute Gasteiger partial charge is 0.407 e. The number of carbonyl (C=O) groups is 3. The fraction of sp³-hybridized carbons (Fsp3) is 0.458. The van der Waals surface area contributed by atoms with Gasteiger partial charge in [-0.3, -0.25) is 19.1 Å². The van der Waals surface area contributed by atoms with E-state index < -0.39 is 47.4 Å². The Morgan fingerprint density at radius 2 is 1.80 bits per heavy atom. The van der Waals surface area contributed by atoms with Crippen molar-refractivity contribution in [2.45, 2.75) is 59.4 Å². The van der Waals surface area contributed by atoms with Crippen LogP contribution in [0, 0.1) is 6.92 Å². The molecule has 0 fully saturated rings. The van der Waals surface area contributed by atoms with E-state index in [1.54, 1.807) is 32.9 Å². The molecule has 1 unspecified atom stereocenters. The fourth-order valence-corrected chi connectivity index (χ4v) is 3.08. The number of nitrogens with zero attached hydrogens (tertiary/aromatic N) is 2. The van der Waals surface area contributed by atoms with Crippen molar-refractivity contribution in [1.82, 2.24) is 19.8 Å². The van der Waals surface area contributed by atoms with E-state index >= 15 is 0 Å². The van der Waals surface area contributed by atoms with Crippen molar-refractivity contribution in [3.8, 4) is 0 Å². The number of aromatic nitrogens is 2. The van der Waals surface area contributed by atoms with Gasteiger partial charge in [0.2, 0.25) is 5.91 Å². The van der Waals surface area contributed by atoms with E-state index in [-0.39, 0.29) is 25.3 Å². The third kappa shape index (κ3) is 8.76. The van der Waals surface area contributed by atoms with Gasteiger partial charge in [0.1, 0.15) is 24.8 Å². The standard InChI is InChI=1S/C24H32N4O7/c1-16-13-27(22(32)26-20(16)30)14-19(29)28(12-11-25-23(33)35-24(3,4)5)17(2)21(31)34-15-18-9-7-6-8-10-18/h6-10,13,17H,11-12,14-15H2,1-5H3,(H,25,33)(H,26,30,32). The van der Waals surface area contributed by atoms with Crippen LogP contribution in [-0.4, -0.2) is 57.2 Å². The summed E-state index contributed by atoms with van der Waals surface area (Å²) in [6.45, 7) is 7.73. The van der Waals surface area contributed by atoms with Crippen molar-refractivity contribution in [2.24, 2.45) is 0 Å². The van der Waals surface area contributed by atoms with Gasteiger partial charge in [-0.15, -0.1) is 0 Å². The summed E-state index contributed by atoms with van der Waals surface area (Å²) in [4.78, 5) is 64.9. The average Bonchev–Trinajstić information content (AvgIpc) is 2.77. The van der Waals surface area contributed by atoms with Crippen molar-refractivity contribution in [3.63, 3.8) is 0 Å². The van der Waals surface area contributed by atoms with Crippen LogP contribution in [0.2, 0.25) is 0 Å². The molecule has 0 saturated carbocycles. The highest BCUT2D eigenvalue weighted by molar-refractivity contribution is 5.84. The van der Waals surface area contributed by atoms with Crippen LogP contribution < -0.4 is 16.6 Å². The van der Waals surface area contributed by atoms with E-state index in [4.69, 9.17) is 9.47 Å². The summed E-state index contributed by atoms with van der Waals surface area (Å²) in [5.41, 5.74) is -0.953. The average molecular weight is 489 g/mol. The summed E-state index contributed by atoms with van der Waals surface area (Å²) in [7, 11) is 0. The zero-order valence-electron chi connectivity index (χ0n) is 20.6. The quantitative estimate of drug-likeness (QED) is 0.508. The number of hydrogen-bond acceptors (Lipinski definition) is 7. The summed E-state index contributed by atoms with van der Waals surface area (Å²) in [6.07, 6.45) is 0.603. The molecule has 2 aromatic rings. The molecular formula is C24H32N4O7. The lowest BCUT2D eigenvalue weighted by molar-refractivity contribution is -0.155. The molecule has 1 heterocycles. The summed E-state index contributed by atoms with van der Waals surface area (Å²) >= 11 is 0. The maximum atomic E-state index is 13.1. The van der Waals surface area contributed by atoms with Gasteiger partial charge >= 0.3 is 17.8 Å². The maximum absolute atomic E-state index is 13.1. The minimum absolute atomic E-state index is 0.00346. The molecule has 0 aliphatic heterocycles. The Labute approximate surface area is 203 Å². The summed E-state index contributed by atoms with van der Waals surface area (Å²) in [6, 6.07) is 8.06. The minimum atomic E-state index is -1.01. The Morgan fingerprint density at radius 1 is 1.14 bits per heavy atom. The summed E-state index contributed by atoms with van der Waals surface area (Å²) in [5, 5.41) is 2.54. The number of aryl methyl sites for hydroxylation is 1. The second kappa shape index (κ2) is 12.0. The van der Waals surface area contributed by atoms with Gasteiger partial charge in [0.05, 0.1) is 0 Å². The second-order valence-electron chi connectivity index (χ2n) is 8.98. The van der Waals surface area contributed by atoms with Crippen molar-refractivity contribution < 1.29 is 23.9 Å². The van der Waals surface area contributed by atoms with E-state index in [1.165, 1.54) is 24.9 Å². The number of aromatic amines is 1. The van der Waals surface area contributed by atoms with Crippen LogP contribution in [0.1, 0.15) is 38.8 Å². The highest BCUT2D eigenvalue weighted by Gasteiger charge is 2.28. The second-order valence-corrected chi connectivity index (χ2v) is 8.98. The minimum Gasteiger partial charge on any atom is -0.459 e. The van der Waals surface area contributed by atoms with Gasteiger partial charge in [-0.2, -0.15) is 0 Å². The third-order valence-corrected chi connectivity index (χ3v) is 4.87. The van der Waals surface area contributed by atoms with E-state index in [0.717, 1.165) is 10.1 Å². The normalized spacial score (nSPS) is 11.9. The zero-order valence-corrected chi connectivity index (χ0v) is 20.6. The first-order valence-electron chi connectivity index (χ1n) is 11.1. The Kier molecular flexibility index (Phi) is 9.38. The molecule has 35 heavy (non-hydrogen) atoms. The topological polar surface area (TPSA) is 140 Å². The summed E-state index contributed by atoms with van der Waals surface area (Å²) < 4.78 is 11.6. The number of amides is 2. The van der Waals surface area contributed by atoms with Gasteiger partial charge in [0.15, 0.2) is 0 Å².